The topological polar surface area (TPSA) is 74.3 Å². The molecule has 1 aromatic heterocycles. The molecule has 0 spiro atoms. The van der Waals surface area contributed by atoms with Crippen molar-refractivity contribution in [2.24, 2.45) is 10.9 Å². The minimum atomic E-state index is 0.671. The number of imidazole rings is 1. The molecule has 1 saturated carbocycles. The van der Waals surface area contributed by atoms with Crippen molar-refractivity contribution >= 4 is 17.0 Å². The van der Waals surface area contributed by atoms with E-state index in [0.717, 1.165) is 59.6 Å². The minimum absolute atomic E-state index is 0.671. The van der Waals surface area contributed by atoms with E-state index in [-0.39, 0.29) is 0 Å². The van der Waals surface area contributed by atoms with Crippen LogP contribution in [-0.2, 0) is 13.0 Å². The van der Waals surface area contributed by atoms with Crippen LogP contribution < -0.4 is 15.4 Å². The molecule has 0 amide bonds. The molecule has 0 aliphatic heterocycles. The molecule has 2 aromatic carbocycles. The molecule has 0 radical (unpaired) electrons. The molecule has 0 atom stereocenters. The fourth-order valence-electron chi connectivity index (χ4n) is 3.26. The third kappa shape index (κ3) is 5.28. The second-order valence-corrected chi connectivity index (χ2v) is 7.67. The van der Waals surface area contributed by atoms with Crippen LogP contribution in [0.4, 0.5) is 0 Å². The van der Waals surface area contributed by atoms with Crippen LogP contribution in [-0.4, -0.2) is 36.1 Å². The molecule has 6 nitrogen and oxygen atoms in total. The summed E-state index contributed by atoms with van der Waals surface area (Å²) in [5, 5.41) is 6.75. The molecule has 1 aliphatic carbocycles. The number of aliphatic imine (C=N–C) groups is 1. The van der Waals surface area contributed by atoms with Crippen molar-refractivity contribution < 1.29 is 4.74 Å². The van der Waals surface area contributed by atoms with Crippen LogP contribution >= 0.6 is 0 Å². The van der Waals surface area contributed by atoms with Gasteiger partial charge >= 0.3 is 0 Å². The lowest BCUT2D eigenvalue weighted by Crippen LogP contribution is -2.38. The Balaban J connectivity index is 1.29. The Morgan fingerprint density at radius 1 is 1.21 bits per heavy atom. The number of aromatic amines is 1. The van der Waals surface area contributed by atoms with E-state index in [1.807, 2.05) is 24.3 Å². The molecule has 1 fully saturated rings. The van der Waals surface area contributed by atoms with Crippen molar-refractivity contribution in [3.05, 3.63) is 59.4 Å². The predicted octanol–water partition coefficient (Wildman–Crippen LogP) is 3.57. The first-order valence-corrected chi connectivity index (χ1v) is 10.3. The summed E-state index contributed by atoms with van der Waals surface area (Å²) in [5.74, 6) is 3.46. The Morgan fingerprint density at radius 3 is 2.86 bits per heavy atom. The molecule has 29 heavy (non-hydrogen) atoms. The Kier molecular flexibility index (Phi) is 5.98. The van der Waals surface area contributed by atoms with Gasteiger partial charge in [0.05, 0.1) is 17.6 Å². The van der Waals surface area contributed by atoms with Crippen LogP contribution in [0.15, 0.2) is 47.5 Å². The van der Waals surface area contributed by atoms with Gasteiger partial charge in [-0.1, -0.05) is 24.3 Å². The largest absolute Gasteiger partial charge is 0.493 e. The van der Waals surface area contributed by atoms with Crippen LogP contribution in [0.2, 0.25) is 0 Å². The van der Waals surface area contributed by atoms with Crippen molar-refractivity contribution in [2.45, 2.75) is 32.7 Å². The second-order valence-electron chi connectivity index (χ2n) is 7.67. The Morgan fingerprint density at radius 2 is 2.07 bits per heavy atom. The van der Waals surface area contributed by atoms with E-state index in [1.54, 1.807) is 7.05 Å². The van der Waals surface area contributed by atoms with Gasteiger partial charge < -0.3 is 20.4 Å². The highest BCUT2D eigenvalue weighted by atomic mass is 16.5. The molecule has 0 bridgehead atoms. The number of benzene rings is 2. The molecule has 4 rings (SSSR count). The zero-order chi connectivity index (χ0) is 20.1. The average molecular weight is 392 g/mol. The van der Waals surface area contributed by atoms with Crippen molar-refractivity contribution in [1.29, 1.82) is 0 Å². The van der Waals surface area contributed by atoms with Crippen molar-refractivity contribution in [1.82, 2.24) is 20.6 Å². The van der Waals surface area contributed by atoms with Gasteiger partial charge in [-0.25, -0.2) is 4.98 Å². The van der Waals surface area contributed by atoms with Crippen molar-refractivity contribution in [3.8, 4) is 5.75 Å². The van der Waals surface area contributed by atoms with Gasteiger partial charge in [-0.15, -0.1) is 0 Å². The molecule has 1 heterocycles. The number of aryl methyl sites for hydroxylation is 1. The summed E-state index contributed by atoms with van der Waals surface area (Å²) in [6.07, 6.45) is 3.39. The van der Waals surface area contributed by atoms with Crippen LogP contribution in [0.25, 0.3) is 11.0 Å². The molecule has 1 aliphatic rings. The fraction of sp³-hybridized carbons (Fsp3) is 0.391. The Bertz CT molecular complexity index is 957. The first-order chi connectivity index (χ1) is 14.2. The summed E-state index contributed by atoms with van der Waals surface area (Å²) in [5.41, 5.74) is 4.44. The van der Waals surface area contributed by atoms with Gasteiger partial charge in [-0.2, -0.15) is 0 Å². The zero-order valence-electron chi connectivity index (χ0n) is 17.2. The summed E-state index contributed by atoms with van der Waals surface area (Å²) in [7, 11) is 1.79. The van der Waals surface area contributed by atoms with Crippen LogP contribution in [0.1, 0.15) is 29.8 Å². The van der Waals surface area contributed by atoms with E-state index in [4.69, 9.17) is 4.74 Å². The van der Waals surface area contributed by atoms with E-state index in [9.17, 15) is 0 Å². The summed E-state index contributed by atoms with van der Waals surface area (Å²) >= 11 is 0. The number of aromatic nitrogens is 2. The van der Waals surface area contributed by atoms with Crippen molar-refractivity contribution in [2.75, 3.05) is 20.2 Å². The number of hydrogen-bond donors (Lipinski definition) is 3. The molecule has 6 heteroatoms. The standard InChI is InChI=1S/C23H29N5O/c1-16-7-10-18(21(13-16)29-15-17-8-9-17)14-26-23(24-2)25-12-11-22-27-19-5-3-4-6-20(19)28-22/h3-7,10,13,17H,8-9,11-12,14-15H2,1-2H3,(H,27,28)(H2,24,25,26). The van der Waals surface area contributed by atoms with Crippen LogP contribution in [0, 0.1) is 12.8 Å². The first-order valence-electron chi connectivity index (χ1n) is 10.3. The van der Waals surface area contributed by atoms with Gasteiger partial charge in [-0.3, -0.25) is 4.99 Å². The highest BCUT2D eigenvalue weighted by Gasteiger charge is 2.22. The molecule has 0 unspecified atom stereocenters. The summed E-state index contributed by atoms with van der Waals surface area (Å²) in [6, 6.07) is 14.5. The zero-order valence-corrected chi connectivity index (χ0v) is 17.2. The van der Waals surface area contributed by atoms with Gasteiger partial charge in [-0.05, 0) is 49.4 Å². The van der Waals surface area contributed by atoms with Gasteiger partial charge in [0.1, 0.15) is 11.6 Å². The maximum atomic E-state index is 6.06. The number of nitrogens with zero attached hydrogens (tertiary/aromatic N) is 2. The minimum Gasteiger partial charge on any atom is -0.493 e. The second kappa shape index (κ2) is 8.99. The summed E-state index contributed by atoms with van der Waals surface area (Å²) in [4.78, 5) is 12.3. The summed E-state index contributed by atoms with van der Waals surface area (Å²) < 4.78 is 6.06. The highest BCUT2D eigenvalue weighted by Crippen LogP contribution is 2.30. The Hall–Kier alpha value is -3.02. The maximum Gasteiger partial charge on any atom is 0.191 e. The molecular weight excluding hydrogens is 362 g/mol. The quantitative estimate of drug-likeness (QED) is 0.405. The normalized spacial score (nSPS) is 14.2. The average Bonchev–Trinajstić information content (AvgIpc) is 3.47. The van der Waals surface area contributed by atoms with Gasteiger partial charge in [0.15, 0.2) is 5.96 Å². The number of para-hydroxylation sites is 2. The number of ether oxygens (including phenoxy) is 1. The van der Waals surface area contributed by atoms with Gasteiger partial charge in [0.25, 0.3) is 0 Å². The number of rotatable bonds is 8. The van der Waals surface area contributed by atoms with E-state index in [2.05, 4.69) is 50.7 Å². The number of fused-ring (bicyclic) bond motifs is 1. The molecular formula is C23H29N5O. The smallest absolute Gasteiger partial charge is 0.191 e. The molecule has 3 N–H and O–H groups in total. The van der Waals surface area contributed by atoms with E-state index in [0.29, 0.717) is 6.54 Å². The van der Waals surface area contributed by atoms with Crippen LogP contribution in [0.5, 0.6) is 5.75 Å². The lowest BCUT2D eigenvalue weighted by molar-refractivity contribution is 0.296. The fourth-order valence-corrected chi connectivity index (χ4v) is 3.26. The highest BCUT2D eigenvalue weighted by molar-refractivity contribution is 5.79. The number of guanidine groups is 1. The third-order valence-corrected chi connectivity index (χ3v) is 5.16. The van der Waals surface area contributed by atoms with E-state index >= 15 is 0 Å². The maximum absolute atomic E-state index is 6.06. The lowest BCUT2D eigenvalue weighted by Gasteiger charge is -2.15. The predicted molar refractivity (Wildman–Crippen MR) is 117 cm³/mol. The van der Waals surface area contributed by atoms with Crippen LogP contribution in [0.3, 0.4) is 0 Å². The molecule has 3 aromatic rings. The molecule has 152 valence electrons. The third-order valence-electron chi connectivity index (χ3n) is 5.16. The number of nitrogens with one attached hydrogen (secondary N) is 3. The lowest BCUT2D eigenvalue weighted by atomic mass is 10.1. The van der Waals surface area contributed by atoms with E-state index in [1.165, 1.54) is 18.4 Å². The molecule has 0 saturated heterocycles. The van der Waals surface area contributed by atoms with Crippen molar-refractivity contribution in [3.63, 3.8) is 0 Å². The SMILES string of the molecule is CN=C(NCCc1nc2ccccc2[nH]1)NCc1ccc(C)cc1OCC1CC1. The van der Waals surface area contributed by atoms with Gasteiger partial charge in [0, 0.05) is 32.1 Å². The van der Waals surface area contributed by atoms with E-state index < -0.39 is 0 Å². The number of hydrogen-bond acceptors (Lipinski definition) is 3. The monoisotopic (exact) mass is 391 g/mol. The Labute approximate surface area is 171 Å². The number of H-pyrrole nitrogens is 1. The van der Waals surface area contributed by atoms with Gasteiger partial charge in [0.2, 0.25) is 0 Å². The first kappa shape index (κ1) is 19.3. The summed E-state index contributed by atoms with van der Waals surface area (Å²) in [6.45, 7) is 4.34.